The summed E-state index contributed by atoms with van der Waals surface area (Å²) in [5.41, 5.74) is 3.10. The van der Waals surface area contributed by atoms with Crippen LogP contribution in [0.4, 0.5) is 5.69 Å². The molecule has 0 aliphatic carbocycles. The van der Waals surface area contributed by atoms with Crippen LogP contribution >= 0.6 is 23.1 Å². The quantitative estimate of drug-likeness (QED) is 0.689. The second kappa shape index (κ2) is 6.97. The predicted octanol–water partition coefficient (Wildman–Crippen LogP) is 3.88. The molecular formula is C16H16N4OS2. The summed E-state index contributed by atoms with van der Waals surface area (Å²) in [6.45, 7) is 4.03. The van der Waals surface area contributed by atoms with Gasteiger partial charge < -0.3 is 5.32 Å². The maximum absolute atomic E-state index is 12.1. The molecular weight excluding hydrogens is 328 g/mol. The largest absolute Gasteiger partial charge is 0.325 e. The van der Waals surface area contributed by atoms with E-state index in [1.165, 1.54) is 11.8 Å². The van der Waals surface area contributed by atoms with Crippen LogP contribution in [0.1, 0.15) is 11.1 Å². The van der Waals surface area contributed by atoms with Gasteiger partial charge in [-0.3, -0.25) is 9.89 Å². The van der Waals surface area contributed by atoms with Crippen LogP contribution in [0.15, 0.2) is 40.9 Å². The van der Waals surface area contributed by atoms with Crippen molar-refractivity contribution in [1.29, 1.82) is 0 Å². The van der Waals surface area contributed by atoms with Gasteiger partial charge in [0.1, 0.15) is 0 Å². The molecule has 0 aliphatic heterocycles. The van der Waals surface area contributed by atoms with Crippen molar-refractivity contribution in [2.45, 2.75) is 19.0 Å². The zero-order valence-electron chi connectivity index (χ0n) is 12.8. The summed E-state index contributed by atoms with van der Waals surface area (Å²) in [6, 6.07) is 9.82. The van der Waals surface area contributed by atoms with E-state index in [0.717, 1.165) is 27.5 Å². The second-order valence-electron chi connectivity index (χ2n) is 5.03. The number of aromatic nitrogens is 3. The number of carbonyl (C=O) groups is 1. The highest BCUT2D eigenvalue weighted by Gasteiger charge is 2.10. The molecule has 0 spiro atoms. The number of nitrogens with one attached hydrogen (secondary N) is 2. The summed E-state index contributed by atoms with van der Waals surface area (Å²) in [4.78, 5) is 17.5. The Hall–Kier alpha value is -2.12. The van der Waals surface area contributed by atoms with Gasteiger partial charge in [-0.25, -0.2) is 4.98 Å². The Morgan fingerprint density at radius 1 is 1.30 bits per heavy atom. The number of thiophene rings is 1. The molecule has 1 amide bonds. The number of amides is 1. The van der Waals surface area contributed by atoms with Crippen LogP contribution in [0.25, 0.3) is 10.7 Å². The fraction of sp³-hybridized carbons (Fsp3) is 0.188. The van der Waals surface area contributed by atoms with E-state index in [1.807, 2.05) is 49.6 Å². The second-order valence-corrected chi connectivity index (χ2v) is 6.92. The van der Waals surface area contributed by atoms with Crippen LogP contribution in [0.3, 0.4) is 0 Å². The van der Waals surface area contributed by atoms with E-state index in [2.05, 4.69) is 20.5 Å². The predicted molar refractivity (Wildman–Crippen MR) is 95.0 cm³/mol. The highest BCUT2D eigenvalue weighted by molar-refractivity contribution is 7.99. The molecule has 0 aliphatic rings. The monoisotopic (exact) mass is 344 g/mol. The van der Waals surface area contributed by atoms with Crippen molar-refractivity contribution in [3.63, 3.8) is 0 Å². The van der Waals surface area contributed by atoms with Gasteiger partial charge in [-0.15, -0.1) is 16.4 Å². The number of anilines is 1. The first kappa shape index (κ1) is 15.8. The maximum atomic E-state index is 12.1. The smallest absolute Gasteiger partial charge is 0.234 e. The fourth-order valence-electron chi connectivity index (χ4n) is 2.04. The van der Waals surface area contributed by atoms with E-state index in [-0.39, 0.29) is 11.7 Å². The van der Waals surface area contributed by atoms with Gasteiger partial charge in [0.15, 0.2) is 5.82 Å². The standard InChI is InChI=1S/C16H16N4OS2/c1-10-5-3-6-12(11(10)2)17-14(21)9-23-16-18-15(19-20-16)13-7-4-8-22-13/h3-8H,9H2,1-2H3,(H,17,21)(H,18,19,20). The normalized spacial score (nSPS) is 10.7. The van der Waals surface area contributed by atoms with Crippen molar-refractivity contribution < 1.29 is 4.79 Å². The zero-order valence-corrected chi connectivity index (χ0v) is 14.4. The average Bonchev–Trinajstić information content (AvgIpc) is 3.20. The van der Waals surface area contributed by atoms with Gasteiger partial charge in [0.25, 0.3) is 0 Å². The van der Waals surface area contributed by atoms with Gasteiger partial charge in [-0.1, -0.05) is 30.0 Å². The molecule has 0 atom stereocenters. The van der Waals surface area contributed by atoms with Crippen LogP contribution < -0.4 is 5.32 Å². The van der Waals surface area contributed by atoms with Crippen molar-refractivity contribution >= 4 is 34.7 Å². The first-order valence-corrected chi connectivity index (χ1v) is 8.95. The molecule has 2 heterocycles. The molecule has 23 heavy (non-hydrogen) atoms. The van der Waals surface area contributed by atoms with Crippen molar-refractivity contribution in [2.24, 2.45) is 0 Å². The van der Waals surface area contributed by atoms with E-state index < -0.39 is 0 Å². The number of aromatic amines is 1. The van der Waals surface area contributed by atoms with Crippen LogP contribution in [0.2, 0.25) is 0 Å². The van der Waals surface area contributed by atoms with E-state index >= 15 is 0 Å². The molecule has 3 aromatic rings. The molecule has 118 valence electrons. The molecule has 0 bridgehead atoms. The highest BCUT2D eigenvalue weighted by Crippen LogP contribution is 2.23. The molecule has 0 saturated carbocycles. The fourth-order valence-corrected chi connectivity index (χ4v) is 3.30. The maximum Gasteiger partial charge on any atom is 0.234 e. The Labute approximate surface area is 142 Å². The zero-order chi connectivity index (χ0) is 16.2. The van der Waals surface area contributed by atoms with Crippen molar-refractivity contribution in [2.75, 3.05) is 11.1 Å². The van der Waals surface area contributed by atoms with Gasteiger partial charge in [0.2, 0.25) is 11.1 Å². The number of benzene rings is 1. The topological polar surface area (TPSA) is 70.7 Å². The summed E-state index contributed by atoms with van der Waals surface area (Å²) in [5, 5.41) is 12.5. The molecule has 0 unspecified atom stereocenters. The Morgan fingerprint density at radius 2 is 2.17 bits per heavy atom. The Bertz CT molecular complexity index is 811. The van der Waals surface area contributed by atoms with Crippen LogP contribution in [0.5, 0.6) is 0 Å². The molecule has 1 aromatic carbocycles. The van der Waals surface area contributed by atoms with Gasteiger partial charge in [0.05, 0.1) is 10.6 Å². The average molecular weight is 344 g/mol. The Morgan fingerprint density at radius 3 is 2.96 bits per heavy atom. The molecule has 2 aromatic heterocycles. The SMILES string of the molecule is Cc1cccc(NC(=O)CSc2n[nH]c(-c3cccs3)n2)c1C. The molecule has 0 fully saturated rings. The summed E-state index contributed by atoms with van der Waals surface area (Å²) in [7, 11) is 0. The summed E-state index contributed by atoms with van der Waals surface area (Å²) in [5.74, 6) is 0.943. The molecule has 2 N–H and O–H groups in total. The van der Waals surface area contributed by atoms with Crippen molar-refractivity contribution in [1.82, 2.24) is 15.2 Å². The molecule has 0 radical (unpaired) electrons. The van der Waals surface area contributed by atoms with Crippen molar-refractivity contribution in [3.05, 3.63) is 46.8 Å². The van der Waals surface area contributed by atoms with Crippen LogP contribution in [-0.4, -0.2) is 26.8 Å². The lowest BCUT2D eigenvalue weighted by Gasteiger charge is -2.09. The number of carbonyl (C=O) groups excluding carboxylic acids is 1. The first-order valence-electron chi connectivity index (χ1n) is 7.08. The van der Waals surface area contributed by atoms with E-state index in [1.54, 1.807) is 11.3 Å². The van der Waals surface area contributed by atoms with E-state index in [0.29, 0.717) is 5.16 Å². The number of rotatable bonds is 5. The minimum atomic E-state index is -0.0637. The lowest BCUT2D eigenvalue weighted by molar-refractivity contribution is -0.113. The van der Waals surface area contributed by atoms with Gasteiger partial charge in [-0.05, 0) is 42.5 Å². The number of thioether (sulfide) groups is 1. The van der Waals surface area contributed by atoms with Crippen LogP contribution in [0, 0.1) is 13.8 Å². The molecule has 7 heteroatoms. The number of hydrogen-bond donors (Lipinski definition) is 2. The Kier molecular flexibility index (Phi) is 4.78. The third kappa shape index (κ3) is 3.80. The summed E-state index contributed by atoms with van der Waals surface area (Å²) < 4.78 is 0. The molecule has 5 nitrogen and oxygen atoms in total. The number of nitrogens with zero attached hydrogens (tertiary/aromatic N) is 2. The molecule has 0 saturated heterocycles. The van der Waals surface area contributed by atoms with Gasteiger partial charge in [-0.2, -0.15) is 0 Å². The third-order valence-electron chi connectivity index (χ3n) is 3.43. The first-order chi connectivity index (χ1) is 11.1. The third-order valence-corrected chi connectivity index (χ3v) is 5.15. The lowest BCUT2D eigenvalue weighted by atomic mass is 10.1. The van der Waals surface area contributed by atoms with Crippen LogP contribution in [-0.2, 0) is 4.79 Å². The molecule has 3 rings (SSSR count). The Balaban J connectivity index is 1.58. The number of H-pyrrole nitrogens is 1. The minimum Gasteiger partial charge on any atom is -0.325 e. The van der Waals surface area contributed by atoms with Gasteiger partial charge >= 0.3 is 0 Å². The summed E-state index contributed by atoms with van der Waals surface area (Å²) >= 11 is 2.91. The number of hydrogen-bond acceptors (Lipinski definition) is 5. The van der Waals surface area contributed by atoms with E-state index in [9.17, 15) is 4.79 Å². The van der Waals surface area contributed by atoms with Gasteiger partial charge in [0, 0.05) is 5.69 Å². The lowest BCUT2D eigenvalue weighted by Crippen LogP contribution is -2.15. The number of aryl methyl sites for hydroxylation is 1. The van der Waals surface area contributed by atoms with E-state index in [4.69, 9.17) is 0 Å². The minimum absolute atomic E-state index is 0.0637. The van der Waals surface area contributed by atoms with Crippen molar-refractivity contribution in [3.8, 4) is 10.7 Å². The summed E-state index contributed by atoms with van der Waals surface area (Å²) in [6.07, 6.45) is 0. The highest BCUT2D eigenvalue weighted by atomic mass is 32.2.